The van der Waals surface area contributed by atoms with Crippen molar-refractivity contribution >= 4 is 46.7 Å². The van der Waals surface area contributed by atoms with Crippen molar-refractivity contribution in [3.63, 3.8) is 0 Å². The molecule has 0 saturated heterocycles. The maximum Gasteiger partial charge on any atom is 0.256 e. The van der Waals surface area contributed by atoms with Gasteiger partial charge in [-0.3, -0.25) is 14.4 Å². The monoisotopic (exact) mass is 482 g/mol. The summed E-state index contributed by atoms with van der Waals surface area (Å²) < 4.78 is 5.69. The van der Waals surface area contributed by atoms with E-state index in [1.54, 1.807) is 18.2 Å². The first-order chi connectivity index (χ1) is 16.4. The van der Waals surface area contributed by atoms with E-state index in [2.05, 4.69) is 20.6 Å². The second-order valence-corrected chi connectivity index (χ2v) is 8.29. The van der Waals surface area contributed by atoms with E-state index in [9.17, 15) is 19.5 Å². The van der Waals surface area contributed by atoms with E-state index in [0.717, 1.165) is 5.56 Å². The van der Waals surface area contributed by atoms with Gasteiger partial charge in [0.25, 0.3) is 5.91 Å². The van der Waals surface area contributed by atoms with Crippen LogP contribution in [-0.2, 0) is 4.79 Å². The molecule has 2 aromatic carbocycles. The third kappa shape index (κ3) is 4.80. The maximum atomic E-state index is 12.7. The highest BCUT2D eigenvalue weighted by molar-refractivity contribution is 6.31. The van der Waals surface area contributed by atoms with Crippen molar-refractivity contribution in [3.8, 4) is 5.75 Å². The second-order valence-electron chi connectivity index (χ2n) is 7.89. The topological polar surface area (TPSA) is 133 Å². The lowest BCUT2D eigenvalue weighted by molar-refractivity contribution is -0.115. The molecule has 0 fully saturated rings. The Morgan fingerprint density at radius 3 is 2.79 bits per heavy atom. The van der Waals surface area contributed by atoms with Crippen molar-refractivity contribution in [1.29, 1.82) is 0 Å². The Bertz CT molecular complexity index is 1260. The van der Waals surface area contributed by atoms with Gasteiger partial charge in [0.1, 0.15) is 29.9 Å². The average molecular weight is 483 g/mol. The highest BCUT2D eigenvalue weighted by Gasteiger charge is 2.25. The molecule has 0 aliphatic carbocycles. The number of imidazole rings is 1. The predicted octanol–water partition coefficient (Wildman–Crippen LogP) is 2.41. The third-order valence-electron chi connectivity index (χ3n) is 5.57. The molecule has 34 heavy (non-hydrogen) atoms. The van der Waals surface area contributed by atoms with Crippen molar-refractivity contribution in [2.45, 2.75) is 19.4 Å². The zero-order valence-corrected chi connectivity index (χ0v) is 19.1. The number of aldehydes is 2. The van der Waals surface area contributed by atoms with Crippen LogP contribution in [0.1, 0.15) is 38.5 Å². The van der Waals surface area contributed by atoms with Gasteiger partial charge in [-0.25, -0.2) is 4.98 Å². The number of carbonyl (C=O) groups excluding carboxylic acids is 3. The number of halogens is 1. The molecule has 1 aliphatic heterocycles. The minimum absolute atomic E-state index is 0.0383. The maximum absolute atomic E-state index is 12.7. The number of aliphatic hydroxyl groups excluding tert-OH is 1. The van der Waals surface area contributed by atoms with E-state index >= 15 is 0 Å². The van der Waals surface area contributed by atoms with E-state index in [-0.39, 0.29) is 30.2 Å². The summed E-state index contributed by atoms with van der Waals surface area (Å²) >= 11 is 6.10. The number of nitrogens with one attached hydrogen (secondary N) is 3. The van der Waals surface area contributed by atoms with Gasteiger partial charge in [-0.2, -0.15) is 0 Å². The number of aromatic nitrogens is 2. The molecule has 1 unspecified atom stereocenters. The van der Waals surface area contributed by atoms with E-state index in [0.29, 0.717) is 64.4 Å². The first-order valence-corrected chi connectivity index (χ1v) is 11.0. The molecule has 0 bridgehead atoms. The smallest absolute Gasteiger partial charge is 0.256 e. The summed E-state index contributed by atoms with van der Waals surface area (Å²) in [5, 5.41) is 16.9. The Labute approximate surface area is 200 Å². The van der Waals surface area contributed by atoms with Gasteiger partial charge >= 0.3 is 0 Å². The van der Waals surface area contributed by atoms with Gasteiger partial charge in [0, 0.05) is 46.9 Å². The predicted molar refractivity (Wildman–Crippen MR) is 127 cm³/mol. The minimum Gasteiger partial charge on any atom is -0.490 e. The van der Waals surface area contributed by atoms with Crippen molar-refractivity contribution < 1.29 is 24.2 Å². The van der Waals surface area contributed by atoms with Crippen molar-refractivity contribution in [1.82, 2.24) is 20.6 Å². The molecule has 3 aromatic rings. The van der Waals surface area contributed by atoms with Crippen LogP contribution in [0.5, 0.6) is 5.75 Å². The quantitative estimate of drug-likeness (QED) is 0.344. The summed E-state index contributed by atoms with van der Waals surface area (Å²) in [6, 6.07) is 8.34. The van der Waals surface area contributed by atoms with Gasteiger partial charge in [0.15, 0.2) is 12.6 Å². The summed E-state index contributed by atoms with van der Waals surface area (Å²) in [6.45, 7) is 2.46. The Kier molecular flexibility index (Phi) is 6.95. The number of H-pyrrole nitrogens is 1. The number of rotatable bonds is 9. The first-order valence-electron chi connectivity index (χ1n) is 10.7. The van der Waals surface area contributed by atoms with Crippen molar-refractivity contribution in [2.24, 2.45) is 0 Å². The van der Waals surface area contributed by atoms with Crippen molar-refractivity contribution in [3.05, 3.63) is 63.6 Å². The SMILES string of the molecule is Cc1c(Cl)cccc1OCC(O)CNC1=C(c2nc3cc(C=O)c(C=O)cc3[nH]2)C(=O)NCC1. The summed E-state index contributed by atoms with van der Waals surface area (Å²) in [4.78, 5) is 42.7. The minimum atomic E-state index is -0.849. The van der Waals surface area contributed by atoms with Crippen LogP contribution in [0.2, 0.25) is 5.02 Å². The molecule has 1 atom stereocenters. The molecule has 0 radical (unpaired) electrons. The lowest BCUT2D eigenvalue weighted by Gasteiger charge is -2.22. The summed E-state index contributed by atoms with van der Waals surface area (Å²) in [6.07, 6.45) is 0.847. The molecule has 0 saturated carbocycles. The van der Waals surface area contributed by atoms with E-state index in [1.807, 2.05) is 6.92 Å². The van der Waals surface area contributed by atoms with Crippen LogP contribution in [0.15, 0.2) is 36.0 Å². The molecular weight excluding hydrogens is 460 g/mol. The molecule has 1 amide bonds. The van der Waals surface area contributed by atoms with Crippen LogP contribution in [0.4, 0.5) is 0 Å². The number of benzene rings is 2. The molecule has 1 aromatic heterocycles. The standard InChI is InChI=1S/C24H23ClN4O5/c1-13-17(25)3-2-4-21(13)34-12-16(32)9-27-18-5-6-26-24(33)22(18)23-28-19-7-14(10-30)15(11-31)8-20(19)29-23/h2-4,7-8,10-11,16,27,32H,5-6,9,12H2,1H3,(H,26,33)(H,28,29). The first kappa shape index (κ1) is 23.5. The summed E-state index contributed by atoms with van der Waals surface area (Å²) in [7, 11) is 0. The van der Waals surface area contributed by atoms with Crippen LogP contribution in [0.3, 0.4) is 0 Å². The van der Waals surface area contributed by atoms with Crippen LogP contribution in [-0.4, -0.2) is 59.4 Å². The Morgan fingerprint density at radius 1 is 1.26 bits per heavy atom. The molecule has 2 heterocycles. The largest absolute Gasteiger partial charge is 0.490 e. The van der Waals surface area contributed by atoms with Crippen LogP contribution < -0.4 is 15.4 Å². The molecular formula is C24H23ClN4O5. The second kappa shape index (κ2) is 10.1. The molecule has 0 spiro atoms. The Morgan fingerprint density at radius 2 is 2.03 bits per heavy atom. The number of nitrogens with zero attached hydrogens (tertiary/aromatic N) is 1. The lowest BCUT2D eigenvalue weighted by Crippen LogP contribution is -2.38. The molecule has 1 aliphatic rings. The summed E-state index contributed by atoms with van der Waals surface area (Å²) in [5.74, 6) is 0.573. The van der Waals surface area contributed by atoms with Gasteiger partial charge in [0.2, 0.25) is 0 Å². The van der Waals surface area contributed by atoms with Crippen LogP contribution in [0, 0.1) is 6.92 Å². The lowest BCUT2D eigenvalue weighted by atomic mass is 10.1. The fourth-order valence-corrected chi connectivity index (χ4v) is 3.89. The number of aliphatic hydroxyl groups is 1. The number of ether oxygens (including phenoxy) is 1. The molecule has 9 nitrogen and oxygen atoms in total. The zero-order valence-electron chi connectivity index (χ0n) is 18.4. The number of hydrogen-bond acceptors (Lipinski definition) is 7. The Hall–Kier alpha value is -3.69. The van der Waals surface area contributed by atoms with Crippen molar-refractivity contribution in [2.75, 3.05) is 19.7 Å². The average Bonchev–Trinajstić information content (AvgIpc) is 3.24. The fourth-order valence-electron chi connectivity index (χ4n) is 3.72. The zero-order chi connectivity index (χ0) is 24.2. The number of carbonyl (C=O) groups is 3. The Balaban J connectivity index is 1.53. The van der Waals surface area contributed by atoms with Gasteiger partial charge in [-0.1, -0.05) is 17.7 Å². The van der Waals surface area contributed by atoms with E-state index in [1.165, 1.54) is 12.1 Å². The highest BCUT2D eigenvalue weighted by atomic mass is 35.5. The van der Waals surface area contributed by atoms with Gasteiger partial charge < -0.3 is 25.5 Å². The summed E-state index contributed by atoms with van der Waals surface area (Å²) in [5.41, 5.74) is 3.15. The highest BCUT2D eigenvalue weighted by Crippen LogP contribution is 2.26. The van der Waals surface area contributed by atoms with Gasteiger partial charge in [-0.05, 0) is 31.2 Å². The fraction of sp³-hybridized carbons (Fsp3) is 0.250. The number of amides is 1. The van der Waals surface area contributed by atoms with E-state index in [4.69, 9.17) is 16.3 Å². The number of hydrogen-bond donors (Lipinski definition) is 4. The van der Waals surface area contributed by atoms with Gasteiger partial charge in [-0.15, -0.1) is 0 Å². The van der Waals surface area contributed by atoms with Crippen LogP contribution >= 0.6 is 11.6 Å². The van der Waals surface area contributed by atoms with Gasteiger partial charge in [0.05, 0.1) is 11.0 Å². The molecule has 176 valence electrons. The van der Waals surface area contributed by atoms with E-state index < -0.39 is 6.10 Å². The normalized spacial score (nSPS) is 14.6. The number of aromatic amines is 1. The molecule has 10 heteroatoms. The molecule has 4 N–H and O–H groups in total. The van der Waals surface area contributed by atoms with Crippen LogP contribution in [0.25, 0.3) is 16.6 Å². The third-order valence-corrected chi connectivity index (χ3v) is 5.98. The number of fused-ring (bicyclic) bond motifs is 1. The molecule has 4 rings (SSSR count).